The summed E-state index contributed by atoms with van der Waals surface area (Å²) in [4.78, 5) is 14.9. The van der Waals surface area contributed by atoms with Crippen LogP contribution in [0.4, 0.5) is 0 Å². The van der Waals surface area contributed by atoms with Gasteiger partial charge in [-0.1, -0.05) is 146 Å². The molecule has 5 heteroatoms. The summed E-state index contributed by atoms with van der Waals surface area (Å²) in [7, 11) is 0. The summed E-state index contributed by atoms with van der Waals surface area (Å²) in [5, 5.41) is 4.75. The van der Waals surface area contributed by atoms with Crippen molar-refractivity contribution in [3.8, 4) is 67.5 Å². The molecule has 11 rings (SSSR count). The highest BCUT2D eigenvalue weighted by Crippen LogP contribution is 2.43. The number of benzene rings is 8. The highest BCUT2D eigenvalue weighted by Gasteiger charge is 2.17. The lowest BCUT2D eigenvalue weighted by Gasteiger charge is -2.10. The van der Waals surface area contributed by atoms with Gasteiger partial charge in [0.1, 0.15) is 11.2 Å². The Morgan fingerprint density at radius 3 is 1.59 bits per heavy atom. The van der Waals surface area contributed by atoms with Gasteiger partial charge in [0.05, 0.1) is 0 Å². The third-order valence-electron chi connectivity index (χ3n) is 10.5. The van der Waals surface area contributed by atoms with E-state index in [-0.39, 0.29) is 0 Å². The quantitative estimate of drug-likeness (QED) is 0.171. The van der Waals surface area contributed by atoms with Crippen molar-refractivity contribution in [2.75, 3.05) is 0 Å². The van der Waals surface area contributed by atoms with Crippen LogP contribution in [0.5, 0.6) is 0 Å². The van der Waals surface area contributed by atoms with Crippen molar-refractivity contribution < 1.29 is 4.42 Å². The van der Waals surface area contributed by atoms with E-state index in [1.165, 1.54) is 31.3 Å². The van der Waals surface area contributed by atoms with Crippen LogP contribution in [0, 0.1) is 0 Å². The lowest BCUT2D eigenvalue weighted by atomic mass is 9.96. The smallest absolute Gasteiger partial charge is 0.164 e. The first-order valence-electron chi connectivity index (χ1n) is 18.7. The van der Waals surface area contributed by atoms with E-state index in [4.69, 9.17) is 19.4 Å². The summed E-state index contributed by atoms with van der Waals surface area (Å²) in [5.74, 6) is 1.91. The van der Waals surface area contributed by atoms with E-state index >= 15 is 0 Å². The van der Waals surface area contributed by atoms with Gasteiger partial charge < -0.3 is 4.42 Å². The van der Waals surface area contributed by atoms with Crippen molar-refractivity contribution in [2.45, 2.75) is 0 Å². The van der Waals surface area contributed by atoms with E-state index in [2.05, 4.69) is 127 Å². The first-order chi connectivity index (χ1) is 27.7. The van der Waals surface area contributed by atoms with E-state index in [0.29, 0.717) is 17.5 Å². The van der Waals surface area contributed by atoms with Crippen LogP contribution in [0.25, 0.3) is 110 Å². The van der Waals surface area contributed by atoms with Gasteiger partial charge in [0.2, 0.25) is 0 Å². The molecule has 0 fully saturated rings. The minimum atomic E-state index is 0.625. The van der Waals surface area contributed by atoms with Gasteiger partial charge in [0, 0.05) is 47.6 Å². The fourth-order valence-corrected chi connectivity index (χ4v) is 8.99. The molecular weight excluding hydrogens is 703 g/mol. The summed E-state index contributed by atoms with van der Waals surface area (Å²) in [6, 6.07) is 65.7. The molecule has 0 saturated carbocycles. The molecule has 0 aliphatic rings. The standard InChI is InChI=1S/C51H31N3OS/c1-4-13-32(14-5-1)39-22-12-24-46-48(39)42-30-35(26-28-45(42)56-46)36-25-27-41-44(31-36)55-43-23-11-21-40(47(41)43)37-19-10-20-38(29-37)51-53-49(33-15-6-2-7-16-33)52-50(54-51)34-17-8-3-9-18-34/h1-31H. The van der Waals surface area contributed by atoms with Gasteiger partial charge in [-0.05, 0) is 75.8 Å². The number of fused-ring (bicyclic) bond motifs is 6. The van der Waals surface area contributed by atoms with Crippen LogP contribution in [-0.4, -0.2) is 15.0 Å². The third-order valence-corrected chi connectivity index (χ3v) is 11.7. The summed E-state index contributed by atoms with van der Waals surface area (Å²) < 4.78 is 9.19. The minimum Gasteiger partial charge on any atom is -0.456 e. The van der Waals surface area contributed by atoms with E-state index in [0.717, 1.165) is 60.9 Å². The zero-order valence-electron chi connectivity index (χ0n) is 30.1. The molecular formula is C51H31N3OS. The number of aromatic nitrogens is 3. The Balaban J connectivity index is 1.01. The summed E-state index contributed by atoms with van der Waals surface area (Å²) in [5.41, 5.74) is 11.5. The van der Waals surface area contributed by atoms with Gasteiger partial charge in [0.25, 0.3) is 0 Å². The highest BCUT2D eigenvalue weighted by molar-refractivity contribution is 7.26. The molecule has 3 heterocycles. The minimum absolute atomic E-state index is 0.625. The second-order valence-corrected chi connectivity index (χ2v) is 15.1. The Hall–Kier alpha value is -7.21. The molecule has 11 aromatic rings. The lowest BCUT2D eigenvalue weighted by molar-refractivity contribution is 0.669. The average molecular weight is 734 g/mol. The van der Waals surface area contributed by atoms with E-state index in [9.17, 15) is 0 Å². The Kier molecular flexibility index (Phi) is 7.64. The molecule has 0 N–H and O–H groups in total. The molecule has 0 spiro atoms. The molecule has 0 aliphatic heterocycles. The molecule has 8 aromatic carbocycles. The monoisotopic (exact) mass is 733 g/mol. The lowest BCUT2D eigenvalue weighted by Crippen LogP contribution is -2.00. The van der Waals surface area contributed by atoms with Crippen molar-refractivity contribution in [1.29, 1.82) is 0 Å². The predicted octanol–water partition coefficient (Wildman–Crippen LogP) is 14.1. The van der Waals surface area contributed by atoms with Crippen molar-refractivity contribution in [1.82, 2.24) is 15.0 Å². The molecule has 0 bridgehead atoms. The van der Waals surface area contributed by atoms with Gasteiger partial charge in [-0.3, -0.25) is 0 Å². The Labute approximate surface area is 327 Å². The molecule has 0 atom stereocenters. The van der Waals surface area contributed by atoms with E-state index in [1.54, 1.807) is 0 Å². The Morgan fingerprint density at radius 2 is 0.875 bits per heavy atom. The first kappa shape index (κ1) is 32.2. The molecule has 0 radical (unpaired) electrons. The average Bonchev–Trinajstić information content (AvgIpc) is 3.85. The van der Waals surface area contributed by atoms with Crippen molar-refractivity contribution >= 4 is 53.4 Å². The summed E-state index contributed by atoms with van der Waals surface area (Å²) in [6.07, 6.45) is 0. The second kappa shape index (κ2) is 13.3. The maximum atomic E-state index is 6.61. The highest BCUT2D eigenvalue weighted by atomic mass is 32.1. The van der Waals surface area contributed by atoms with Gasteiger partial charge >= 0.3 is 0 Å². The normalized spacial score (nSPS) is 11.6. The topological polar surface area (TPSA) is 51.8 Å². The molecule has 0 aliphatic carbocycles. The largest absolute Gasteiger partial charge is 0.456 e. The molecule has 3 aromatic heterocycles. The number of nitrogens with zero attached hydrogens (tertiary/aromatic N) is 3. The number of hydrogen-bond donors (Lipinski definition) is 0. The SMILES string of the molecule is c1ccc(-c2nc(-c3ccccc3)nc(-c3cccc(-c4cccc5oc6cc(-c7ccc8sc9cccc(-c%10ccccc%10)c9c8c7)ccc6c45)c3)n2)cc1. The van der Waals surface area contributed by atoms with Gasteiger partial charge in [0.15, 0.2) is 17.5 Å². The van der Waals surface area contributed by atoms with Crippen LogP contribution >= 0.6 is 11.3 Å². The fraction of sp³-hybridized carbons (Fsp3) is 0. The number of thiophene rings is 1. The summed E-state index contributed by atoms with van der Waals surface area (Å²) >= 11 is 1.85. The van der Waals surface area contributed by atoms with Gasteiger partial charge in [-0.15, -0.1) is 11.3 Å². The maximum absolute atomic E-state index is 6.61. The summed E-state index contributed by atoms with van der Waals surface area (Å²) in [6.45, 7) is 0. The Morgan fingerprint density at radius 1 is 0.321 bits per heavy atom. The van der Waals surface area contributed by atoms with Gasteiger partial charge in [-0.2, -0.15) is 0 Å². The fourth-order valence-electron chi connectivity index (χ4n) is 7.87. The van der Waals surface area contributed by atoms with Crippen LogP contribution in [0.15, 0.2) is 192 Å². The Bertz CT molecular complexity index is 3180. The molecule has 56 heavy (non-hydrogen) atoms. The van der Waals surface area contributed by atoms with Crippen molar-refractivity contribution in [3.63, 3.8) is 0 Å². The number of furan rings is 1. The molecule has 4 nitrogen and oxygen atoms in total. The van der Waals surface area contributed by atoms with Crippen LogP contribution in [0.1, 0.15) is 0 Å². The molecule has 0 saturated heterocycles. The molecule has 0 amide bonds. The zero-order chi connectivity index (χ0) is 37.0. The number of hydrogen-bond acceptors (Lipinski definition) is 5. The van der Waals surface area contributed by atoms with Crippen LogP contribution in [0.2, 0.25) is 0 Å². The molecule has 0 unspecified atom stereocenters. The third kappa shape index (κ3) is 5.56. The van der Waals surface area contributed by atoms with E-state index in [1.807, 2.05) is 72.0 Å². The van der Waals surface area contributed by atoms with Crippen LogP contribution in [-0.2, 0) is 0 Å². The number of rotatable bonds is 6. The second-order valence-electron chi connectivity index (χ2n) is 14.0. The van der Waals surface area contributed by atoms with Crippen LogP contribution < -0.4 is 0 Å². The predicted molar refractivity (Wildman–Crippen MR) is 233 cm³/mol. The van der Waals surface area contributed by atoms with Crippen molar-refractivity contribution in [3.05, 3.63) is 188 Å². The van der Waals surface area contributed by atoms with Crippen LogP contribution in [0.3, 0.4) is 0 Å². The van der Waals surface area contributed by atoms with Gasteiger partial charge in [-0.25, -0.2) is 15.0 Å². The van der Waals surface area contributed by atoms with E-state index < -0.39 is 0 Å². The maximum Gasteiger partial charge on any atom is 0.164 e. The first-order valence-corrected chi connectivity index (χ1v) is 19.5. The zero-order valence-corrected chi connectivity index (χ0v) is 30.9. The van der Waals surface area contributed by atoms with Crippen molar-refractivity contribution in [2.24, 2.45) is 0 Å². The molecule has 262 valence electrons.